The molecule has 3 aromatic rings. The van der Waals surface area contributed by atoms with Crippen molar-refractivity contribution in [2.24, 2.45) is 11.8 Å². The van der Waals surface area contributed by atoms with Gasteiger partial charge in [-0.15, -0.1) is 0 Å². The van der Waals surface area contributed by atoms with Crippen molar-refractivity contribution in [2.75, 3.05) is 18.1 Å². The Morgan fingerprint density at radius 2 is 1.66 bits per heavy atom. The summed E-state index contributed by atoms with van der Waals surface area (Å²) in [6, 6.07) is 21.9. The number of aliphatic hydroxyl groups is 1. The van der Waals surface area contributed by atoms with Crippen LogP contribution in [0.5, 0.6) is 0 Å². The highest BCUT2D eigenvalue weighted by molar-refractivity contribution is 9.11. The van der Waals surface area contributed by atoms with Crippen molar-refractivity contribution >= 4 is 45.3 Å². The quantitative estimate of drug-likeness (QED) is 0.259. The van der Waals surface area contributed by atoms with Crippen LogP contribution in [0, 0.1) is 25.7 Å². The first-order valence-electron chi connectivity index (χ1n) is 18.2. The van der Waals surface area contributed by atoms with E-state index in [1.807, 2.05) is 105 Å². The monoisotopic (exact) mass is 781 g/mol. The molecule has 2 N–H and O–H groups in total. The number of nitrogens with one attached hydrogen (secondary N) is 1. The minimum atomic E-state index is -1.54. The van der Waals surface area contributed by atoms with Crippen LogP contribution in [-0.4, -0.2) is 76.7 Å². The molecule has 53 heavy (non-hydrogen) atoms. The zero-order valence-corrected chi connectivity index (χ0v) is 31.6. The number of carbonyl (C=O) groups excluding carboxylic acids is 4. The molecule has 3 amide bonds. The lowest BCUT2D eigenvalue weighted by molar-refractivity contribution is -0.161. The third-order valence-corrected chi connectivity index (χ3v) is 11.6. The summed E-state index contributed by atoms with van der Waals surface area (Å²) in [6.45, 7) is 5.39. The Labute approximate surface area is 318 Å². The molecule has 1 spiro atoms. The Morgan fingerprint density at radius 1 is 0.943 bits per heavy atom. The number of anilines is 1. The van der Waals surface area contributed by atoms with E-state index < -0.39 is 72.2 Å². The van der Waals surface area contributed by atoms with E-state index >= 15 is 9.59 Å². The lowest BCUT2D eigenvalue weighted by atomic mass is 9.74. The fourth-order valence-electron chi connectivity index (χ4n) is 8.42. The summed E-state index contributed by atoms with van der Waals surface area (Å²) in [5.41, 5.74) is 2.48. The van der Waals surface area contributed by atoms with Gasteiger partial charge in [0.2, 0.25) is 11.8 Å². The van der Waals surface area contributed by atoms with Gasteiger partial charge in [-0.25, -0.2) is 0 Å². The van der Waals surface area contributed by atoms with Crippen LogP contribution in [0.1, 0.15) is 48.1 Å². The van der Waals surface area contributed by atoms with Crippen molar-refractivity contribution in [3.05, 3.63) is 124 Å². The molecule has 8 atom stereocenters. The van der Waals surface area contributed by atoms with Gasteiger partial charge in [-0.05, 0) is 68.0 Å². The van der Waals surface area contributed by atoms with Crippen LogP contribution in [0.25, 0.3) is 0 Å². The molecule has 2 saturated heterocycles. The van der Waals surface area contributed by atoms with Crippen molar-refractivity contribution in [1.29, 1.82) is 0 Å². The highest BCUT2D eigenvalue weighted by atomic mass is 79.9. The number of halogens is 1. The number of rotatable bonds is 6. The van der Waals surface area contributed by atoms with Gasteiger partial charge in [-0.2, -0.15) is 0 Å². The number of esters is 1. The molecule has 11 heteroatoms. The normalized spacial score (nSPS) is 30.1. The number of hydrogen-bond donors (Lipinski definition) is 2. The van der Waals surface area contributed by atoms with Crippen molar-refractivity contribution in [3.8, 4) is 0 Å². The number of likely N-dealkylation sites (tertiary alicyclic amines) is 1. The Balaban J connectivity index is 1.38. The highest BCUT2D eigenvalue weighted by Crippen LogP contribution is 2.59. The van der Waals surface area contributed by atoms with E-state index in [4.69, 9.17) is 9.47 Å². The molecule has 3 aromatic carbocycles. The summed E-state index contributed by atoms with van der Waals surface area (Å²) in [6.07, 6.45) is 4.62. The molecule has 0 saturated carbocycles. The Kier molecular flexibility index (Phi) is 10.4. The third-order valence-electron chi connectivity index (χ3n) is 10.9. The number of aliphatic hydroxyl groups excluding tert-OH is 1. The number of fused-ring (bicyclic) bond motifs is 2. The SMILES string of the molecule is Cc1ccc(C)c(N2C/C=C\CCC(=O)N[C@@H](C)[C@H](c3ccccc3)OC(=O)[C@H]3[C@@H]4O[C@@]5(C=C4Br)[C@@H]3C(=O)N([C@@H](CO)Cc3ccccc3)[C@@H]5C2=O)c1. The molecule has 0 aliphatic carbocycles. The minimum absolute atomic E-state index is 0.152. The standard InChI is InChI=1S/C42H44BrN3O7/c1-25-18-19-26(2)32(21-25)45-20-12-6-11-17-33(48)44-27(3)36(29-15-9-5-10-16-29)52-41(51)34-35-39(49)46(30(24-47)22-28-13-7-4-8-14-28)38(40(45)50)42(35)23-31(43)37(34)53-42/h4-10,12-16,18-19,21,23,27,30,34-38,47H,11,17,20,22,24H2,1-3H3,(H,44,48)/b12-6-/t27-,30+,34+,35-,36+,37+,38+,42-/m0/s1. The molecule has 7 rings (SSSR count). The summed E-state index contributed by atoms with van der Waals surface area (Å²) in [7, 11) is 0. The first kappa shape index (κ1) is 36.8. The molecule has 10 nitrogen and oxygen atoms in total. The molecule has 2 fully saturated rings. The molecule has 4 heterocycles. The zero-order chi connectivity index (χ0) is 37.4. The number of ether oxygens (including phenoxy) is 2. The number of cyclic esters (lactones) is 1. The summed E-state index contributed by atoms with van der Waals surface area (Å²) < 4.78 is 13.6. The van der Waals surface area contributed by atoms with Crippen LogP contribution in [-0.2, 0) is 35.1 Å². The largest absolute Gasteiger partial charge is 0.455 e. The molecular formula is C42H44BrN3O7. The van der Waals surface area contributed by atoms with E-state index in [0.29, 0.717) is 22.2 Å². The molecule has 0 aromatic heterocycles. The number of aryl methyl sites for hydroxylation is 2. The fourth-order valence-corrected chi connectivity index (χ4v) is 9.16. The second kappa shape index (κ2) is 15.0. The van der Waals surface area contributed by atoms with Gasteiger partial charge in [0, 0.05) is 23.1 Å². The summed E-state index contributed by atoms with van der Waals surface area (Å²) in [5, 5.41) is 14.0. The van der Waals surface area contributed by atoms with Crippen molar-refractivity contribution in [2.45, 2.75) is 76.0 Å². The minimum Gasteiger partial charge on any atom is -0.455 e. The lowest BCUT2D eigenvalue weighted by Gasteiger charge is -2.39. The summed E-state index contributed by atoms with van der Waals surface area (Å²) >= 11 is 3.64. The Bertz CT molecular complexity index is 1950. The molecule has 0 unspecified atom stereocenters. The van der Waals surface area contributed by atoms with Gasteiger partial charge < -0.3 is 29.7 Å². The predicted octanol–water partition coefficient (Wildman–Crippen LogP) is 5.25. The maximum Gasteiger partial charge on any atom is 0.313 e. The predicted molar refractivity (Wildman–Crippen MR) is 203 cm³/mol. The van der Waals surface area contributed by atoms with E-state index in [1.165, 1.54) is 4.90 Å². The smallest absolute Gasteiger partial charge is 0.313 e. The van der Waals surface area contributed by atoms with Crippen molar-refractivity contribution in [3.63, 3.8) is 0 Å². The second-order valence-corrected chi connectivity index (χ2v) is 15.4. The Hall–Kier alpha value is -4.58. The average Bonchev–Trinajstić information content (AvgIpc) is 3.75. The van der Waals surface area contributed by atoms with Crippen molar-refractivity contribution in [1.82, 2.24) is 10.2 Å². The van der Waals surface area contributed by atoms with Crippen LogP contribution >= 0.6 is 15.9 Å². The van der Waals surface area contributed by atoms with Crippen LogP contribution in [0.3, 0.4) is 0 Å². The first-order chi connectivity index (χ1) is 25.5. The average molecular weight is 783 g/mol. The van der Waals surface area contributed by atoms with Gasteiger partial charge in [-0.1, -0.05) is 101 Å². The molecule has 4 aliphatic heterocycles. The van der Waals surface area contributed by atoms with Crippen LogP contribution in [0.2, 0.25) is 0 Å². The number of carbonyl (C=O) groups is 4. The van der Waals surface area contributed by atoms with Gasteiger partial charge >= 0.3 is 5.97 Å². The van der Waals surface area contributed by atoms with E-state index in [1.54, 1.807) is 17.9 Å². The number of amides is 3. The van der Waals surface area contributed by atoms with Gasteiger partial charge in [0.25, 0.3) is 5.91 Å². The lowest BCUT2D eigenvalue weighted by Crippen LogP contribution is -2.59. The molecule has 4 aliphatic rings. The fraction of sp³-hybridized carbons (Fsp3) is 0.381. The van der Waals surface area contributed by atoms with Crippen LogP contribution in [0.15, 0.2) is 102 Å². The number of benzene rings is 3. The van der Waals surface area contributed by atoms with Gasteiger partial charge in [0.15, 0.2) is 0 Å². The third kappa shape index (κ3) is 6.75. The van der Waals surface area contributed by atoms with Gasteiger partial charge in [0.1, 0.15) is 29.8 Å². The summed E-state index contributed by atoms with van der Waals surface area (Å²) in [4.78, 5) is 61.4. The molecule has 276 valence electrons. The molecule has 5 bridgehead atoms. The van der Waals surface area contributed by atoms with Gasteiger partial charge in [0.05, 0.1) is 24.6 Å². The zero-order valence-electron chi connectivity index (χ0n) is 30.0. The van der Waals surface area contributed by atoms with E-state index in [2.05, 4.69) is 21.2 Å². The number of nitrogens with zero attached hydrogens (tertiary/aromatic N) is 2. The molecule has 0 radical (unpaired) electrons. The van der Waals surface area contributed by atoms with Gasteiger partial charge in [-0.3, -0.25) is 19.2 Å². The van der Waals surface area contributed by atoms with E-state index in [9.17, 15) is 14.7 Å². The first-order valence-corrected chi connectivity index (χ1v) is 18.9. The second-order valence-electron chi connectivity index (χ2n) is 14.5. The maximum absolute atomic E-state index is 15.4. The van der Waals surface area contributed by atoms with Crippen molar-refractivity contribution < 1.29 is 33.8 Å². The highest BCUT2D eigenvalue weighted by Gasteiger charge is 2.75. The van der Waals surface area contributed by atoms with E-state index in [-0.39, 0.29) is 25.3 Å². The van der Waals surface area contributed by atoms with Crippen LogP contribution in [0.4, 0.5) is 5.69 Å². The topological polar surface area (TPSA) is 125 Å². The van der Waals surface area contributed by atoms with E-state index in [0.717, 1.165) is 16.7 Å². The number of hydrogen-bond acceptors (Lipinski definition) is 7. The maximum atomic E-state index is 15.4. The summed E-state index contributed by atoms with van der Waals surface area (Å²) in [5.74, 6) is -3.99. The molecular weight excluding hydrogens is 738 g/mol. The Morgan fingerprint density at radius 3 is 2.38 bits per heavy atom. The van der Waals surface area contributed by atoms with Crippen LogP contribution < -0.4 is 10.2 Å². The number of allylic oxidation sites excluding steroid dienone is 1.